The Morgan fingerprint density at radius 2 is 2.19 bits per heavy atom. The molecule has 0 bridgehead atoms. The maximum absolute atomic E-state index is 5.28. The molecule has 0 aliphatic heterocycles. The van der Waals surface area contributed by atoms with Crippen molar-refractivity contribution in [2.24, 2.45) is 4.99 Å². The van der Waals surface area contributed by atoms with E-state index in [-0.39, 0.29) is 0 Å². The van der Waals surface area contributed by atoms with Crippen molar-refractivity contribution in [3.05, 3.63) is 35.5 Å². The number of nitrogens with zero attached hydrogens (tertiary/aromatic N) is 3. The zero-order chi connectivity index (χ0) is 15.1. The highest BCUT2D eigenvalue weighted by molar-refractivity contribution is 5.79. The van der Waals surface area contributed by atoms with Crippen LogP contribution in [0.1, 0.15) is 43.8 Å². The van der Waals surface area contributed by atoms with Crippen LogP contribution in [0.4, 0.5) is 0 Å². The van der Waals surface area contributed by atoms with Crippen LogP contribution < -0.4 is 10.6 Å². The molecule has 0 radical (unpaired) electrons. The van der Waals surface area contributed by atoms with Crippen molar-refractivity contribution in [3.8, 4) is 0 Å². The lowest BCUT2D eigenvalue weighted by Gasteiger charge is -2.09. The van der Waals surface area contributed by atoms with Gasteiger partial charge in [-0.05, 0) is 12.8 Å². The maximum atomic E-state index is 5.28. The summed E-state index contributed by atoms with van der Waals surface area (Å²) in [5.74, 6) is 1.84. The van der Waals surface area contributed by atoms with Crippen LogP contribution in [0.15, 0.2) is 32.4 Å². The van der Waals surface area contributed by atoms with Gasteiger partial charge in [-0.3, -0.25) is 0 Å². The van der Waals surface area contributed by atoms with Crippen LogP contribution in [0.25, 0.3) is 0 Å². The average Bonchev–Trinajstić information content (AvgIpc) is 3.13. The third kappa shape index (κ3) is 4.62. The number of aliphatic imine (C=N–C) groups is 1. The molecule has 0 spiro atoms. The predicted octanol–water partition coefficient (Wildman–Crippen LogP) is 2.04. The second-order valence-electron chi connectivity index (χ2n) is 4.91. The number of hydrogen-bond donors (Lipinski definition) is 2. The third-order valence-electron chi connectivity index (χ3n) is 2.83. The van der Waals surface area contributed by atoms with Crippen molar-refractivity contribution >= 4 is 5.96 Å². The summed E-state index contributed by atoms with van der Waals surface area (Å²) < 4.78 is 10.1. The number of guanidine groups is 1. The van der Waals surface area contributed by atoms with E-state index in [2.05, 4.69) is 39.8 Å². The molecule has 21 heavy (non-hydrogen) atoms. The molecule has 0 fully saturated rings. The Hall–Kier alpha value is -2.31. The molecule has 7 heteroatoms. The quantitative estimate of drug-likeness (QED) is 0.625. The minimum atomic E-state index is 0.358. The molecule has 0 saturated carbocycles. The number of rotatable bonds is 6. The van der Waals surface area contributed by atoms with E-state index in [1.165, 1.54) is 6.26 Å². The molecular weight excluding hydrogens is 270 g/mol. The van der Waals surface area contributed by atoms with Gasteiger partial charge in [0.1, 0.15) is 12.0 Å². The minimum absolute atomic E-state index is 0.358. The van der Waals surface area contributed by atoms with E-state index >= 15 is 0 Å². The van der Waals surface area contributed by atoms with Gasteiger partial charge in [-0.1, -0.05) is 24.2 Å². The van der Waals surface area contributed by atoms with Crippen LogP contribution in [0.5, 0.6) is 0 Å². The fourth-order valence-electron chi connectivity index (χ4n) is 1.68. The molecule has 2 N–H and O–H groups in total. The lowest BCUT2D eigenvalue weighted by atomic mass is 10.1. The van der Waals surface area contributed by atoms with Gasteiger partial charge >= 0.3 is 0 Å². The van der Waals surface area contributed by atoms with Gasteiger partial charge in [0.25, 0.3) is 0 Å². The molecule has 0 amide bonds. The van der Waals surface area contributed by atoms with Crippen LogP contribution in [0, 0.1) is 0 Å². The van der Waals surface area contributed by atoms with E-state index in [1.54, 1.807) is 6.07 Å². The molecule has 2 heterocycles. The van der Waals surface area contributed by atoms with Gasteiger partial charge in [0.15, 0.2) is 11.7 Å². The molecule has 0 unspecified atom stereocenters. The Kier molecular flexibility index (Phi) is 5.36. The van der Waals surface area contributed by atoms with Crippen LogP contribution in [-0.2, 0) is 13.1 Å². The first-order valence-corrected chi connectivity index (χ1v) is 7.06. The third-order valence-corrected chi connectivity index (χ3v) is 2.83. The largest absolute Gasteiger partial charge is 0.364 e. The summed E-state index contributed by atoms with van der Waals surface area (Å²) in [5, 5.41) is 14.2. The van der Waals surface area contributed by atoms with Gasteiger partial charge in [0, 0.05) is 18.7 Å². The molecule has 0 saturated heterocycles. The van der Waals surface area contributed by atoms with E-state index in [9.17, 15) is 0 Å². The first-order valence-electron chi connectivity index (χ1n) is 7.06. The second-order valence-corrected chi connectivity index (χ2v) is 4.91. The van der Waals surface area contributed by atoms with Gasteiger partial charge in [-0.15, -0.1) is 0 Å². The molecule has 2 aromatic heterocycles. The summed E-state index contributed by atoms with van der Waals surface area (Å²) in [6, 6.07) is 3.75. The fourth-order valence-corrected chi connectivity index (χ4v) is 1.68. The first-order chi connectivity index (χ1) is 10.2. The Balaban J connectivity index is 1.91. The van der Waals surface area contributed by atoms with Gasteiger partial charge < -0.3 is 19.7 Å². The van der Waals surface area contributed by atoms with Gasteiger partial charge in [-0.2, -0.15) is 0 Å². The standard InChI is InChI=1S/C14H21N5O2/c1-4-15-14(16-8-11-5-6-20-18-11)17-9-12-7-13(10(2)3)19-21-12/h5-7,10H,4,8-9H2,1-3H3,(H2,15,16,17). The summed E-state index contributed by atoms with van der Waals surface area (Å²) in [7, 11) is 0. The second kappa shape index (κ2) is 7.47. The summed E-state index contributed by atoms with van der Waals surface area (Å²) in [4.78, 5) is 4.42. The number of nitrogens with one attached hydrogen (secondary N) is 2. The lowest BCUT2D eigenvalue weighted by Crippen LogP contribution is -2.36. The Labute approximate surface area is 123 Å². The fraction of sp³-hybridized carbons (Fsp3) is 0.500. The van der Waals surface area contributed by atoms with Crippen molar-refractivity contribution in [3.63, 3.8) is 0 Å². The lowest BCUT2D eigenvalue weighted by molar-refractivity contribution is 0.372. The smallest absolute Gasteiger partial charge is 0.192 e. The van der Waals surface area contributed by atoms with Gasteiger partial charge in [-0.25, -0.2) is 4.99 Å². The molecule has 2 rings (SSSR count). The van der Waals surface area contributed by atoms with Crippen molar-refractivity contribution in [2.75, 3.05) is 6.54 Å². The van der Waals surface area contributed by atoms with Crippen LogP contribution in [-0.4, -0.2) is 22.8 Å². The van der Waals surface area contributed by atoms with E-state index in [4.69, 9.17) is 9.05 Å². The van der Waals surface area contributed by atoms with Crippen molar-refractivity contribution in [2.45, 2.75) is 39.8 Å². The molecule has 0 aliphatic carbocycles. The summed E-state index contributed by atoms with van der Waals surface area (Å²) in [6.07, 6.45) is 1.53. The average molecular weight is 291 g/mol. The van der Waals surface area contributed by atoms with Crippen LogP contribution in [0.3, 0.4) is 0 Å². The van der Waals surface area contributed by atoms with Crippen molar-refractivity contribution < 1.29 is 9.05 Å². The molecular formula is C14H21N5O2. The number of hydrogen-bond acceptors (Lipinski definition) is 5. The Bertz CT molecular complexity index is 560. The van der Waals surface area contributed by atoms with Gasteiger partial charge in [0.2, 0.25) is 0 Å². The van der Waals surface area contributed by atoms with Crippen LogP contribution >= 0.6 is 0 Å². The summed E-state index contributed by atoms with van der Waals surface area (Å²) in [6.45, 7) is 7.94. The predicted molar refractivity (Wildman–Crippen MR) is 78.8 cm³/mol. The molecule has 0 aliphatic rings. The van der Waals surface area contributed by atoms with Crippen molar-refractivity contribution in [1.82, 2.24) is 20.9 Å². The topological polar surface area (TPSA) is 88.5 Å². The normalized spacial score (nSPS) is 11.9. The Morgan fingerprint density at radius 3 is 2.81 bits per heavy atom. The van der Waals surface area contributed by atoms with Crippen molar-refractivity contribution in [1.29, 1.82) is 0 Å². The minimum Gasteiger partial charge on any atom is -0.364 e. The summed E-state index contributed by atoms with van der Waals surface area (Å²) in [5.41, 5.74) is 1.74. The summed E-state index contributed by atoms with van der Waals surface area (Å²) >= 11 is 0. The highest BCUT2D eigenvalue weighted by Crippen LogP contribution is 2.13. The van der Waals surface area contributed by atoms with E-state index in [0.29, 0.717) is 25.0 Å². The SMILES string of the molecule is CCNC(=NCc1ccon1)NCc1cc(C(C)C)no1. The molecule has 114 valence electrons. The van der Waals surface area contributed by atoms with Gasteiger partial charge in [0.05, 0.1) is 18.8 Å². The highest BCUT2D eigenvalue weighted by atomic mass is 16.5. The zero-order valence-electron chi connectivity index (χ0n) is 12.6. The highest BCUT2D eigenvalue weighted by Gasteiger charge is 2.08. The molecule has 0 aromatic carbocycles. The molecule has 0 atom stereocenters. The van der Waals surface area contributed by atoms with Crippen LogP contribution in [0.2, 0.25) is 0 Å². The van der Waals surface area contributed by atoms with E-state index in [1.807, 2.05) is 13.0 Å². The maximum Gasteiger partial charge on any atom is 0.192 e. The van der Waals surface area contributed by atoms with E-state index < -0.39 is 0 Å². The van der Waals surface area contributed by atoms with E-state index in [0.717, 1.165) is 23.7 Å². The monoisotopic (exact) mass is 291 g/mol. The first kappa shape index (κ1) is 15.1. The number of aromatic nitrogens is 2. The molecule has 2 aromatic rings. The molecule has 7 nitrogen and oxygen atoms in total. The zero-order valence-corrected chi connectivity index (χ0v) is 12.6. The Morgan fingerprint density at radius 1 is 1.33 bits per heavy atom.